The molecule has 1 N–H and O–H groups in total. The average Bonchev–Trinajstić information content (AvgIpc) is 3.02. The normalized spacial score (nSPS) is 22.0. The first-order valence-corrected chi connectivity index (χ1v) is 18.8. The van der Waals surface area contributed by atoms with Gasteiger partial charge in [0.1, 0.15) is 12.1 Å². The summed E-state index contributed by atoms with van der Waals surface area (Å²) in [5.74, 6) is -0.452. The van der Waals surface area contributed by atoms with Crippen molar-refractivity contribution in [2.24, 2.45) is 0 Å². The monoisotopic (exact) mass is 535 g/mol. The molecule has 1 unspecified atom stereocenters. The molecule has 0 bridgehead atoms. The molecular formula is C27H49N3O4Si2. The van der Waals surface area contributed by atoms with Crippen molar-refractivity contribution in [1.29, 1.82) is 0 Å². The van der Waals surface area contributed by atoms with Gasteiger partial charge in [-0.2, -0.15) is 0 Å². The quantitative estimate of drug-likeness (QED) is 0.480. The molecule has 204 valence electrons. The largest absolute Gasteiger partial charge is 0.409 e. The van der Waals surface area contributed by atoms with E-state index in [4.69, 9.17) is 8.85 Å². The molecule has 0 aromatic carbocycles. The first kappa shape index (κ1) is 30.7. The zero-order valence-corrected chi connectivity index (χ0v) is 26.8. The van der Waals surface area contributed by atoms with E-state index < -0.39 is 40.4 Å². The van der Waals surface area contributed by atoms with E-state index in [1.807, 2.05) is 20.8 Å². The minimum absolute atomic E-state index is 0.0293. The Morgan fingerprint density at radius 3 is 1.92 bits per heavy atom. The first-order valence-electron chi connectivity index (χ1n) is 13.0. The molecule has 2 heterocycles. The van der Waals surface area contributed by atoms with Crippen molar-refractivity contribution in [2.45, 2.75) is 122 Å². The second kappa shape index (κ2) is 10.3. The Labute approximate surface area is 221 Å². The lowest BCUT2D eigenvalue weighted by atomic mass is 10.1. The van der Waals surface area contributed by atoms with Gasteiger partial charge in [0, 0.05) is 24.5 Å². The van der Waals surface area contributed by atoms with Crippen LogP contribution in [0, 0.1) is 0 Å². The van der Waals surface area contributed by atoms with Crippen LogP contribution in [0.3, 0.4) is 0 Å². The molecule has 2 rings (SSSR count). The molecule has 1 aliphatic rings. The molecule has 0 aliphatic carbocycles. The first-order chi connectivity index (χ1) is 16.1. The molecule has 1 aromatic heterocycles. The number of aromatic nitrogens is 1. The predicted octanol–water partition coefficient (Wildman–Crippen LogP) is 5.60. The van der Waals surface area contributed by atoms with E-state index >= 15 is 0 Å². The van der Waals surface area contributed by atoms with Crippen molar-refractivity contribution in [3.8, 4) is 0 Å². The zero-order chi connectivity index (χ0) is 27.9. The average molecular weight is 536 g/mol. The van der Waals surface area contributed by atoms with Crippen molar-refractivity contribution in [3.63, 3.8) is 0 Å². The standard InChI is InChI=1S/C27H49N3O4Si2/c1-25(2,3)29-23(31)21-22(34-36(12,13)27(7,8)9)20(33-35(10,11)26(4,5)6)18-30(21)24(32)19-15-14-16-28-17-19/h14-17,20-22H,18H2,1-13H3,(H,29,31)/t20-,21?,22+/m0/s1. The Kier molecular flexibility index (Phi) is 8.78. The van der Waals surface area contributed by atoms with Gasteiger partial charge in [-0.3, -0.25) is 14.6 Å². The number of carbonyl (C=O) groups excluding carboxylic acids is 2. The Bertz CT molecular complexity index is 931. The number of nitrogens with one attached hydrogen (secondary N) is 1. The highest BCUT2D eigenvalue weighted by Gasteiger charge is 2.55. The molecule has 1 saturated heterocycles. The van der Waals surface area contributed by atoms with E-state index in [2.05, 4.69) is 78.0 Å². The van der Waals surface area contributed by atoms with E-state index in [-0.39, 0.29) is 21.9 Å². The smallest absolute Gasteiger partial charge is 0.256 e. The van der Waals surface area contributed by atoms with Crippen LogP contribution in [0.5, 0.6) is 0 Å². The second-order valence-corrected chi connectivity index (χ2v) is 23.7. The van der Waals surface area contributed by atoms with Crippen LogP contribution >= 0.6 is 0 Å². The lowest BCUT2D eigenvalue weighted by molar-refractivity contribution is -0.129. The van der Waals surface area contributed by atoms with Crippen LogP contribution < -0.4 is 5.32 Å². The van der Waals surface area contributed by atoms with Gasteiger partial charge in [-0.15, -0.1) is 0 Å². The summed E-state index contributed by atoms with van der Waals surface area (Å²) in [6.45, 7) is 28.0. The molecule has 0 saturated carbocycles. The highest BCUT2D eigenvalue weighted by molar-refractivity contribution is 6.74. The topological polar surface area (TPSA) is 80.8 Å². The molecule has 1 fully saturated rings. The van der Waals surface area contributed by atoms with E-state index in [1.54, 1.807) is 29.4 Å². The van der Waals surface area contributed by atoms with Gasteiger partial charge in [0.25, 0.3) is 5.91 Å². The van der Waals surface area contributed by atoms with Gasteiger partial charge < -0.3 is 19.1 Å². The SMILES string of the molecule is CC(C)(C)NC(=O)C1[C@H](O[Si](C)(C)C(C)(C)C)[C@@H](O[Si](C)(C)C(C)(C)C)CN1C(=O)c1cccnc1. The van der Waals surface area contributed by atoms with Gasteiger partial charge in [0.15, 0.2) is 16.6 Å². The number of nitrogens with zero attached hydrogens (tertiary/aromatic N) is 2. The molecule has 0 radical (unpaired) electrons. The highest BCUT2D eigenvalue weighted by Crippen LogP contribution is 2.43. The number of amides is 2. The summed E-state index contributed by atoms with van der Waals surface area (Å²) in [4.78, 5) is 33.4. The maximum atomic E-state index is 13.8. The molecule has 1 aromatic rings. The fourth-order valence-corrected chi connectivity index (χ4v) is 6.34. The number of carbonyl (C=O) groups is 2. The fourth-order valence-electron chi connectivity index (χ4n) is 3.71. The molecule has 7 nitrogen and oxygen atoms in total. The third kappa shape index (κ3) is 7.05. The van der Waals surface area contributed by atoms with E-state index in [0.717, 1.165) is 0 Å². The van der Waals surface area contributed by atoms with Crippen LogP contribution in [-0.2, 0) is 13.6 Å². The molecule has 9 heteroatoms. The molecule has 1 aliphatic heterocycles. The predicted molar refractivity (Wildman–Crippen MR) is 151 cm³/mol. The summed E-state index contributed by atoms with van der Waals surface area (Å²) >= 11 is 0. The molecule has 36 heavy (non-hydrogen) atoms. The van der Waals surface area contributed by atoms with Gasteiger partial charge in [-0.05, 0) is 69.2 Å². The summed E-state index contributed by atoms with van der Waals surface area (Å²) in [5, 5.41) is 3.01. The van der Waals surface area contributed by atoms with E-state index in [1.165, 1.54) is 0 Å². The summed E-state index contributed by atoms with van der Waals surface area (Å²) in [6.07, 6.45) is 2.21. The number of likely N-dealkylation sites (tertiary alicyclic amines) is 1. The third-order valence-corrected chi connectivity index (χ3v) is 16.8. The maximum Gasteiger partial charge on any atom is 0.256 e. The summed E-state index contributed by atoms with van der Waals surface area (Å²) in [5.41, 5.74) is -0.00915. The van der Waals surface area contributed by atoms with Crippen LogP contribution in [0.4, 0.5) is 0 Å². The molecular weight excluding hydrogens is 486 g/mol. The van der Waals surface area contributed by atoms with Gasteiger partial charge in [-0.1, -0.05) is 41.5 Å². The van der Waals surface area contributed by atoms with Crippen molar-refractivity contribution >= 4 is 28.4 Å². The minimum atomic E-state index is -2.32. The lowest BCUT2D eigenvalue weighted by Gasteiger charge is -2.43. The van der Waals surface area contributed by atoms with Crippen LogP contribution in [0.1, 0.15) is 72.7 Å². The number of hydrogen-bond acceptors (Lipinski definition) is 5. The van der Waals surface area contributed by atoms with Gasteiger partial charge in [0.2, 0.25) is 5.91 Å². The number of pyridine rings is 1. The minimum Gasteiger partial charge on any atom is -0.409 e. The molecule has 3 atom stereocenters. The van der Waals surface area contributed by atoms with Gasteiger partial charge in [-0.25, -0.2) is 0 Å². The van der Waals surface area contributed by atoms with Crippen LogP contribution in [-0.4, -0.2) is 68.7 Å². The Morgan fingerprint density at radius 1 is 0.944 bits per heavy atom. The molecule has 0 spiro atoms. The Morgan fingerprint density at radius 2 is 1.47 bits per heavy atom. The number of rotatable bonds is 6. The van der Waals surface area contributed by atoms with Crippen LogP contribution in [0.2, 0.25) is 36.3 Å². The van der Waals surface area contributed by atoms with Crippen molar-refractivity contribution < 1.29 is 18.4 Å². The molecule has 2 amide bonds. The summed E-state index contributed by atoms with van der Waals surface area (Å²) < 4.78 is 13.9. The van der Waals surface area contributed by atoms with E-state index in [9.17, 15) is 9.59 Å². The van der Waals surface area contributed by atoms with Crippen LogP contribution in [0.15, 0.2) is 24.5 Å². The zero-order valence-electron chi connectivity index (χ0n) is 24.8. The fraction of sp³-hybridized carbons (Fsp3) is 0.741. The Balaban J connectivity index is 2.63. The third-order valence-electron chi connectivity index (χ3n) is 7.82. The Hall–Kier alpha value is -1.56. The summed E-state index contributed by atoms with van der Waals surface area (Å²) in [7, 11) is -4.55. The van der Waals surface area contributed by atoms with Crippen LogP contribution in [0.25, 0.3) is 0 Å². The van der Waals surface area contributed by atoms with Crippen molar-refractivity contribution in [2.75, 3.05) is 6.54 Å². The second-order valence-electron chi connectivity index (χ2n) is 14.1. The number of hydrogen-bond donors (Lipinski definition) is 1. The highest BCUT2D eigenvalue weighted by atomic mass is 28.4. The van der Waals surface area contributed by atoms with Gasteiger partial charge in [0.05, 0.1) is 11.7 Å². The van der Waals surface area contributed by atoms with Crippen molar-refractivity contribution in [3.05, 3.63) is 30.1 Å². The maximum absolute atomic E-state index is 13.8. The lowest BCUT2D eigenvalue weighted by Crippen LogP contribution is -2.58. The van der Waals surface area contributed by atoms with E-state index in [0.29, 0.717) is 12.1 Å². The van der Waals surface area contributed by atoms with Gasteiger partial charge >= 0.3 is 0 Å². The summed E-state index contributed by atoms with van der Waals surface area (Å²) in [6, 6.07) is 2.67. The van der Waals surface area contributed by atoms with Crippen molar-refractivity contribution in [1.82, 2.24) is 15.2 Å².